The third-order valence-corrected chi connectivity index (χ3v) is 3.78. The van der Waals surface area contributed by atoms with E-state index < -0.39 is 29.7 Å². The second kappa shape index (κ2) is 7.55. The molecule has 0 radical (unpaired) electrons. The van der Waals surface area contributed by atoms with Gasteiger partial charge in [-0.3, -0.25) is 4.79 Å². The number of nitrogens with zero attached hydrogens (tertiary/aromatic N) is 1. The molecule has 0 saturated carbocycles. The Morgan fingerprint density at radius 3 is 2.79 bits per heavy atom. The molecule has 0 unspecified atom stereocenters. The van der Waals surface area contributed by atoms with Crippen molar-refractivity contribution < 1.29 is 27.5 Å². The zero-order chi connectivity index (χ0) is 17.7. The summed E-state index contributed by atoms with van der Waals surface area (Å²) in [5.74, 6) is -0.874. The van der Waals surface area contributed by atoms with Gasteiger partial charge >= 0.3 is 12.3 Å². The van der Waals surface area contributed by atoms with E-state index >= 15 is 0 Å². The lowest BCUT2D eigenvalue weighted by Gasteiger charge is -2.31. The second-order valence-corrected chi connectivity index (χ2v) is 5.55. The van der Waals surface area contributed by atoms with Crippen molar-refractivity contribution in [3.05, 3.63) is 29.8 Å². The van der Waals surface area contributed by atoms with Crippen LogP contribution < -0.4 is 5.32 Å². The van der Waals surface area contributed by atoms with E-state index in [9.17, 15) is 22.8 Å². The van der Waals surface area contributed by atoms with Crippen LogP contribution >= 0.6 is 0 Å². The molecular formula is C16H19F3N2O3. The fourth-order valence-electron chi connectivity index (χ4n) is 2.59. The maximum absolute atomic E-state index is 12.7. The number of halogens is 3. The Hall–Kier alpha value is -2.25. The van der Waals surface area contributed by atoms with E-state index in [4.69, 9.17) is 4.74 Å². The number of ether oxygens (including phenoxy) is 1. The van der Waals surface area contributed by atoms with E-state index in [1.54, 1.807) is 6.92 Å². The highest BCUT2D eigenvalue weighted by Gasteiger charge is 2.32. The summed E-state index contributed by atoms with van der Waals surface area (Å²) in [5, 5.41) is 2.50. The summed E-state index contributed by atoms with van der Waals surface area (Å²) in [6, 6.07) is 4.48. The van der Waals surface area contributed by atoms with Crippen molar-refractivity contribution >= 4 is 17.7 Å². The quantitative estimate of drug-likeness (QED) is 0.913. The van der Waals surface area contributed by atoms with Crippen LogP contribution in [0.25, 0.3) is 0 Å². The minimum Gasteiger partial charge on any atom is -0.450 e. The number of carbonyl (C=O) groups excluding carboxylic acids is 2. The van der Waals surface area contributed by atoms with Crippen LogP contribution in [0.1, 0.15) is 25.3 Å². The van der Waals surface area contributed by atoms with Gasteiger partial charge in [-0.05, 0) is 38.0 Å². The third-order valence-electron chi connectivity index (χ3n) is 3.78. The van der Waals surface area contributed by atoms with Crippen molar-refractivity contribution in [3.8, 4) is 0 Å². The van der Waals surface area contributed by atoms with Crippen molar-refractivity contribution in [2.24, 2.45) is 5.92 Å². The van der Waals surface area contributed by atoms with Gasteiger partial charge in [0.1, 0.15) is 0 Å². The number of rotatable bonds is 3. The molecule has 1 aliphatic heterocycles. The van der Waals surface area contributed by atoms with Gasteiger partial charge in [-0.1, -0.05) is 6.07 Å². The van der Waals surface area contributed by atoms with Crippen molar-refractivity contribution in [2.45, 2.75) is 25.9 Å². The fourth-order valence-corrected chi connectivity index (χ4v) is 2.59. The molecule has 2 rings (SSSR count). The molecule has 5 nitrogen and oxygen atoms in total. The number of benzene rings is 1. The largest absolute Gasteiger partial charge is 0.450 e. The average molecular weight is 344 g/mol. The Morgan fingerprint density at radius 2 is 2.12 bits per heavy atom. The number of nitrogens with one attached hydrogen (secondary N) is 1. The third kappa shape index (κ3) is 4.62. The molecule has 132 valence electrons. The number of alkyl halides is 3. The molecule has 0 bridgehead atoms. The molecule has 1 fully saturated rings. The number of anilines is 1. The Balaban J connectivity index is 2.00. The molecule has 1 atom stereocenters. The van der Waals surface area contributed by atoms with E-state index in [0.29, 0.717) is 19.4 Å². The topological polar surface area (TPSA) is 58.6 Å². The number of piperidine rings is 1. The number of carbonyl (C=O) groups is 2. The van der Waals surface area contributed by atoms with Crippen LogP contribution in [0.4, 0.5) is 23.7 Å². The molecule has 8 heteroatoms. The molecule has 1 N–H and O–H groups in total. The SMILES string of the molecule is CCOC(=O)N1CCC[C@H](C(=O)Nc2cccc(C(F)(F)F)c2)C1. The predicted molar refractivity (Wildman–Crippen MR) is 81.4 cm³/mol. The molecule has 1 aromatic carbocycles. The van der Waals surface area contributed by atoms with E-state index in [1.807, 2.05) is 0 Å². The van der Waals surface area contributed by atoms with Gasteiger partial charge in [0.25, 0.3) is 0 Å². The molecule has 0 aliphatic carbocycles. The summed E-state index contributed by atoms with van der Waals surface area (Å²) in [7, 11) is 0. The van der Waals surface area contributed by atoms with Crippen LogP contribution in [0, 0.1) is 5.92 Å². The van der Waals surface area contributed by atoms with Gasteiger partial charge < -0.3 is 15.0 Å². The van der Waals surface area contributed by atoms with E-state index in [2.05, 4.69) is 5.32 Å². The highest BCUT2D eigenvalue weighted by atomic mass is 19.4. The summed E-state index contributed by atoms with van der Waals surface area (Å²) in [4.78, 5) is 25.5. The van der Waals surface area contributed by atoms with Gasteiger partial charge in [0.05, 0.1) is 18.1 Å². The molecule has 0 spiro atoms. The van der Waals surface area contributed by atoms with Gasteiger partial charge in [-0.15, -0.1) is 0 Å². The molecule has 1 heterocycles. The van der Waals surface area contributed by atoms with Gasteiger partial charge in [0, 0.05) is 18.8 Å². The van der Waals surface area contributed by atoms with Crippen LogP contribution in [0.5, 0.6) is 0 Å². The first-order valence-corrected chi connectivity index (χ1v) is 7.71. The maximum atomic E-state index is 12.7. The van der Waals surface area contributed by atoms with E-state index in [1.165, 1.54) is 17.0 Å². The second-order valence-electron chi connectivity index (χ2n) is 5.55. The number of amides is 2. The first-order chi connectivity index (χ1) is 11.3. The summed E-state index contributed by atoms with van der Waals surface area (Å²) < 4.78 is 43.0. The highest BCUT2D eigenvalue weighted by molar-refractivity contribution is 5.93. The lowest BCUT2D eigenvalue weighted by Crippen LogP contribution is -2.44. The van der Waals surface area contributed by atoms with E-state index in [-0.39, 0.29) is 18.8 Å². The van der Waals surface area contributed by atoms with Gasteiger partial charge in [-0.2, -0.15) is 13.2 Å². The lowest BCUT2D eigenvalue weighted by atomic mass is 9.97. The minimum absolute atomic E-state index is 0.0862. The molecular weight excluding hydrogens is 325 g/mol. The maximum Gasteiger partial charge on any atom is 0.416 e. The van der Waals surface area contributed by atoms with Gasteiger partial charge in [0.15, 0.2) is 0 Å². The fraction of sp³-hybridized carbons (Fsp3) is 0.500. The normalized spacial score (nSPS) is 18.2. The Kier molecular flexibility index (Phi) is 5.69. The summed E-state index contributed by atoms with van der Waals surface area (Å²) in [5.41, 5.74) is -0.736. The zero-order valence-electron chi connectivity index (χ0n) is 13.2. The highest BCUT2D eigenvalue weighted by Crippen LogP contribution is 2.31. The average Bonchev–Trinajstić information content (AvgIpc) is 2.54. The van der Waals surface area contributed by atoms with Crippen molar-refractivity contribution in [3.63, 3.8) is 0 Å². The van der Waals surface area contributed by atoms with E-state index in [0.717, 1.165) is 12.1 Å². The minimum atomic E-state index is -4.47. The Labute approximate surface area is 137 Å². The van der Waals surface area contributed by atoms with Crippen LogP contribution in [-0.4, -0.2) is 36.6 Å². The Bertz CT molecular complexity index is 604. The smallest absolute Gasteiger partial charge is 0.416 e. The molecule has 1 saturated heterocycles. The number of hydrogen-bond donors (Lipinski definition) is 1. The molecule has 0 aromatic heterocycles. The first-order valence-electron chi connectivity index (χ1n) is 7.71. The van der Waals surface area contributed by atoms with Crippen molar-refractivity contribution in [1.29, 1.82) is 0 Å². The van der Waals surface area contributed by atoms with Crippen LogP contribution in [0.15, 0.2) is 24.3 Å². The molecule has 2 amide bonds. The number of hydrogen-bond acceptors (Lipinski definition) is 3. The van der Waals surface area contributed by atoms with Crippen LogP contribution in [0.2, 0.25) is 0 Å². The number of likely N-dealkylation sites (tertiary alicyclic amines) is 1. The summed E-state index contributed by atoms with van der Waals surface area (Å²) in [6.07, 6.45) is -3.74. The van der Waals surface area contributed by atoms with Gasteiger partial charge in [0.2, 0.25) is 5.91 Å². The standard InChI is InChI=1S/C16H19F3N2O3/c1-2-24-15(23)21-8-4-5-11(10-21)14(22)20-13-7-3-6-12(9-13)16(17,18)19/h3,6-7,9,11H,2,4-5,8,10H2,1H3,(H,20,22)/t11-/m0/s1. The summed E-state index contributed by atoms with van der Waals surface area (Å²) in [6.45, 7) is 2.64. The van der Waals surface area contributed by atoms with Crippen molar-refractivity contribution in [1.82, 2.24) is 4.90 Å². The van der Waals surface area contributed by atoms with Crippen molar-refractivity contribution in [2.75, 3.05) is 25.0 Å². The first kappa shape index (κ1) is 18.1. The predicted octanol–water partition coefficient (Wildman–Crippen LogP) is 3.51. The molecule has 24 heavy (non-hydrogen) atoms. The lowest BCUT2D eigenvalue weighted by molar-refractivity contribution is -0.137. The van der Waals surface area contributed by atoms with Gasteiger partial charge in [-0.25, -0.2) is 4.79 Å². The van der Waals surface area contributed by atoms with Crippen LogP contribution in [-0.2, 0) is 15.7 Å². The molecule has 1 aliphatic rings. The monoisotopic (exact) mass is 344 g/mol. The molecule has 1 aromatic rings. The summed E-state index contributed by atoms with van der Waals surface area (Å²) >= 11 is 0. The van der Waals surface area contributed by atoms with Crippen LogP contribution in [0.3, 0.4) is 0 Å². The zero-order valence-corrected chi connectivity index (χ0v) is 13.2. The Morgan fingerprint density at radius 1 is 1.38 bits per heavy atom.